The molecule has 5 heteroatoms. The first kappa shape index (κ1) is 16.1. The molecule has 5 nitrogen and oxygen atoms in total. The Kier molecular flexibility index (Phi) is 3.81. The number of nitrogens with zero attached hydrogens (tertiary/aromatic N) is 4. The van der Waals surface area contributed by atoms with Crippen LogP contribution in [0.4, 0.5) is 0 Å². The van der Waals surface area contributed by atoms with Crippen LogP contribution in [-0.2, 0) is 13.1 Å². The van der Waals surface area contributed by atoms with Gasteiger partial charge in [0.25, 0.3) is 5.91 Å². The summed E-state index contributed by atoms with van der Waals surface area (Å²) in [6.45, 7) is 7.34. The number of carbonyl (C=O) groups excluding carboxylic acids is 1. The number of carbonyl (C=O) groups is 1. The normalized spacial score (nSPS) is 13.1. The number of amides is 1. The molecule has 3 aromatic rings. The fraction of sp³-hybridized carbons (Fsp3) is 0.190. The second kappa shape index (κ2) is 6.16. The molecule has 0 saturated heterocycles. The maximum Gasteiger partial charge on any atom is 0.254 e. The third-order valence-corrected chi connectivity index (χ3v) is 4.84. The van der Waals surface area contributed by atoms with Crippen LogP contribution in [0.3, 0.4) is 0 Å². The Balaban J connectivity index is 1.78. The Morgan fingerprint density at radius 1 is 1.31 bits per heavy atom. The van der Waals surface area contributed by atoms with Crippen LogP contribution in [0.1, 0.15) is 22.8 Å². The van der Waals surface area contributed by atoms with Gasteiger partial charge in [-0.05, 0) is 35.7 Å². The molecule has 0 unspecified atom stereocenters. The summed E-state index contributed by atoms with van der Waals surface area (Å²) in [5, 5.41) is 14.5. The van der Waals surface area contributed by atoms with Crippen molar-refractivity contribution in [2.45, 2.75) is 20.0 Å². The molecule has 0 radical (unpaired) electrons. The van der Waals surface area contributed by atoms with Crippen molar-refractivity contribution in [3.05, 3.63) is 65.9 Å². The fourth-order valence-corrected chi connectivity index (χ4v) is 3.54. The molecule has 1 aliphatic rings. The minimum atomic E-state index is -0.0436. The molecular formula is C21H18N4O. The molecule has 1 aliphatic heterocycles. The van der Waals surface area contributed by atoms with Crippen molar-refractivity contribution in [1.29, 1.82) is 5.26 Å². The van der Waals surface area contributed by atoms with Gasteiger partial charge in [0.15, 0.2) is 0 Å². The van der Waals surface area contributed by atoms with E-state index in [1.165, 1.54) is 0 Å². The number of nitriles is 1. The summed E-state index contributed by atoms with van der Waals surface area (Å²) in [7, 11) is 0. The topological polar surface area (TPSA) is 61.9 Å². The second-order valence-corrected chi connectivity index (χ2v) is 6.44. The molecule has 0 atom stereocenters. The van der Waals surface area contributed by atoms with Crippen LogP contribution < -0.4 is 0 Å². The van der Waals surface area contributed by atoms with Gasteiger partial charge in [-0.15, -0.1) is 0 Å². The zero-order valence-corrected chi connectivity index (χ0v) is 14.6. The molecule has 2 heterocycles. The van der Waals surface area contributed by atoms with Crippen molar-refractivity contribution in [1.82, 2.24) is 14.7 Å². The monoisotopic (exact) mass is 342 g/mol. The van der Waals surface area contributed by atoms with Crippen LogP contribution in [0.2, 0.25) is 0 Å². The minimum absolute atomic E-state index is 0.0436. The van der Waals surface area contributed by atoms with Crippen molar-refractivity contribution in [3.8, 4) is 17.2 Å². The predicted octanol–water partition coefficient (Wildman–Crippen LogP) is 3.76. The van der Waals surface area contributed by atoms with E-state index in [-0.39, 0.29) is 12.5 Å². The van der Waals surface area contributed by atoms with Crippen molar-refractivity contribution in [3.63, 3.8) is 0 Å². The van der Waals surface area contributed by atoms with E-state index in [1.807, 2.05) is 35.1 Å². The van der Waals surface area contributed by atoms with Gasteiger partial charge in [-0.2, -0.15) is 10.4 Å². The van der Waals surface area contributed by atoms with Gasteiger partial charge in [-0.25, -0.2) is 0 Å². The molecular weight excluding hydrogens is 324 g/mol. The number of benzene rings is 2. The third kappa shape index (κ3) is 2.47. The van der Waals surface area contributed by atoms with E-state index in [0.717, 1.165) is 34.1 Å². The lowest BCUT2D eigenvalue weighted by Crippen LogP contribution is -2.25. The summed E-state index contributed by atoms with van der Waals surface area (Å²) >= 11 is 0. The quantitative estimate of drug-likeness (QED) is 0.678. The van der Waals surface area contributed by atoms with Crippen LogP contribution in [0.15, 0.2) is 54.7 Å². The van der Waals surface area contributed by atoms with Gasteiger partial charge in [0.05, 0.1) is 24.3 Å². The van der Waals surface area contributed by atoms with E-state index in [4.69, 9.17) is 5.26 Å². The van der Waals surface area contributed by atoms with Gasteiger partial charge in [-0.3, -0.25) is 9.48 Å². The maximum absolute atomic E-state index is 12.7. The molecule has 4 rings (SSSR count). The van der Waals surface area contributed by atoms with Gasteiger partial charge in [0.1, 0.15) is 0 Å². The zero-order chi connectivity index (χ0) is 18.3. The van der Waals surface area contributed by atoms with Crippen LogP contribution in [0.5, 0.6) is 0 Å². The van der Waals surface area contributed by atoms with Crippen LogP contribution >= 0.6 is 0 Å². The minimum Gasteiger partial charge on any atom is -0.329 e. The molecule has 0 N–H and O–H groups in total. The number of hydrogen-bond acceptors (Lipinski definition) is 3. The van der Waals surface area contributed by atoms with Crippen molar-refractivity contribution >= 4 is 16.8 Å². The maximum atomic E-state index is 12.7. The second-order valence-electron chi connectivity index (χ2n) is 6.44. The van der Waals surface area contributed by atoms with Gasteiger partial charge in [0.2, 0.25) is 0 Å². The molecule has 2 aromatic carbocycles. The standard InChI is InChI=1S/C21H18N4O/c1-3-25-20-9-15(7-8-16(20)11-23-25)17-5-4-6-18-19(17)13-24(21(18)26)12-14(2)10-22/h4-9,11H,2-3,12-13H2,1H3. The van der Waals surface area contributed by atoms with E-state index in [0.29, 0.717) is 17.7 Å². The van der Waals surface area contributed by atoms with E-state index >= 15 is 0 Å². The Bertz CT molecular complexity index is 1090. The van der Waals surface area contributed by atoms with Crippen LogP contribution in [0.25, 0.3) is 22.0 Å². The lowest BCUT2D eigenvalue weighted by Gasteiger charge is -2.14. The highest BCUT2D eigenvalue weighted by molar-refractivity contribution is 6.01. The number of rotatable bonds is 4. The van der Waals surface area contributed by atoms with E-state index in [1.54, 1.807) is 4.90 Å². The summed E-state index contributed by atoms with van der Waals surface area (Å²) in [6.07, 6.45) is 1.87. The zero-order valence-electron chi connectivity index (χ0n) is 14.6. The molecule has 128 valence electrons. The van der Waals surface area contributed by atoms with E-state index in [9.17, 15) is 4.79 Å². The highest BCUT2D eigenvalue weighted by Crippen LogP contribution is 2.34. The van der Waals surface area contributed by atoms with Gasteiger partial charge < -0.3 is 4.90 Å². The SMILES string of the molecule is C=C(C#N)CN1Cc2c(cccc2-c2ccc3cnn(CC)c3c2)C1=O. The Hall–Kier alpha value is -3.39. The molecule has 0 saturated carbocycles. The number of hydrogen-bond donors (Lipinski definition) is 0. The highest BCUT2D eigenvalue weighted by atomic mass is 16.2. The average Bonchev–Trinajstić information content (AvgIpc) is 3.22. The molecule has 1 aromatic heterocycles. The molecule has 0 fully saturated rings. The average molecular weight is 342 g/mol. The van der Waals surface area contributed by atoms with E-state index in [2.05, 4.69) is 36.8 Å². The summed E-state index contributed by atoms with van der Waals surface area (Å²) in [6, 6.07) is 14.1. The van der Waals surface area contributed by atoms with Gasteiger partial charge in [0, 0.05) is 29.6 Å². The summed E-state index contributed by atoms with van der Waals surface area (Å²) in [5.41, 5.74) is 5.30. The summed E-state index contributed by atoms with van der Waals surface area (Å²) < 4.78 is 1.97. The summed E-state index contributed by atoms with van der Waals surface area (Å²) in [4.78, 5) is 14.3. The predicted molar refractivity (Wildman–Crippen MR) is 100 cm³/mol. The number of aromatic nitrogens is 2. The Labute approximate surface area is 151 Å². The molecule has 0 aliphatic carbocycles. The highest BCUT2D eigenvalue weighted by Gasteiger charge is 2.29. The Morgan fingerprint density at radius 2 is 2.12 bits per heavy atom. The third-order valence-electron chi connectivity index (χ3n) is 4.84. The van der Waals surface area contributed by atoms with Gasteiger partial charge >= 0.3 is 0 Å². The van der Waals surface area contributed by atoms with Crippen LogP contribution in [-0.4, -0.2) is 27.1 Å². The lowest BCUT2D eigenvalue weighted by molar-refractivity contribution is 0.0794. The Morgan fingerprint density at radius 3 is 2.88 bits per heavy atom. The molecule has 0 spiro atoms. The van der Waals surface area contributed by atoms with Crippen molar-refractivity contribution < 1.29 is 4.79 Å². The summed E-state index contributed by atoms with van der Waals surface area (Å²) in [5.74, 6) is -0.0436. The van der Waals surface area contributed by atoms with Crippen molar-refractivity contribution in [2.24, 2.45) is 0 Å². The largest absolute Gasteiger partial charge is 0.329 e. The van der Waals surface area contributed by atoms with Gasteiger partial charge in [-0.1, -0.05) is 30.8 Å². The van der Waals surface area contributed by atoms with E-state index < -0.39 is 0 Å². The molecule has 1 amide bonds. The fourth-order valence-electron chi connectivity index (χ4n) is 3.54. The molecule has 26 heavy (non-hydrogen) atoms. The first-order valence-corrected chi connectivity index (χ1v) is 8.57. The van der Waals surface area contributed by atoms with Crippen LogP contribution in [0, 0.1) is 11.3 Å². The number of fused-ring (bicyclic) bond motifs is 2. The first-order valence-electron chi connectivity index (χ1n) is 8.57. The smallest absolute Gasteiger partial charge is 0.254 e. The number of aryl methyl sites for hydroxylation is 1. The molecule has 0 bridgehead atoms. The first-order chi connectivity index (χ1) is 12.6. The lowest BCUT2D eigenvalue weighted by atomic mass is 9.96. The van der Waals surface area contributed by atoms with Crippen molar-refractivity contribution in [2.75, 3.05) is 6.54 Å².